The Morgan fingerprint density at radius 2 is 1.81 bits per heavy atom. The van der Waals surface area contributed by atoms with Crippen LogP contribution in [0.5, 0.6) is 0 Å². The summed E-state index contributed by atoms with van der Waals surface area (Å²) in [6.45, 7) is 6.73. The lowest BCUT2D eigenvalue weighted by molar-refractivity contribution is -0.147. The first kappa shape index (κ1) is 19.8. The summed E-state index contributed by atoms with van der Waals surface area (Å²) in [5, 5.41) is 3.33. The van der Waals surface area contributed by atoms with E-state index in [4.69, 9.17) is 4.74 Å². The van der Waals surface area contributed by atoms with Crippen molar-refractivity contribution in [2.45, 2.75) is 26.2 Å². The van der Waals surface area contributed by atoms with Crippen LogP contribution in [0.1, 0.15) is 35.2 Å². The highest BCUT2D eigenvalue weighted by molar-refractivity contribution is 5.94. The van der Waals surface area contributed by atoms with Gasteiger partial charge < -0.3 is 19.9 Å². The second-order valence-electron chi connectivity index (χ2n) is 7.77. The Morgan fingerprint density at radius 3 is 2.52 bits per heavy atom. The van der Waals surface area contributed by atoms with Crippen molar-refractivity contribution in [1.29, 1.82) is 0 Å². The Balaban J connectivity index is 1.67. The summed E-state index contributed by atoms with van der Waals surface area (Å²) in [5.41, 5.74) is 1.39. The summed E-state index contributed by atoms with van der Waals surface area (Å²) < 4.78 is 5.42. The van der Waals surface area contributed by atoms with E-state index in [2.05, 4.69) is 5.32 Å². The van der Waals surface area contributed by atoms with Crippen molar-refractivity contribution in [1.82, 2.24) is 15.1 Å². The van der Waals surface area contributed by atoms with Crippen LogP contribution in [0.25, 0.3) is 0 Å². The van der Waals surface area contributed by atoms with E-state index in [0.717, 1.165) is 43.5 Å². The molecule has 0 unspecified atom stereocenters. The van der Waals surface area contributed by atoms with Crippen LogP contribution in [0.2, 0.25) is 0 Å². The minimum absolute atomic E-state index is 0.0569. The minimum atomic E-state index is -0.421. The number of carbonyl (C=O) groups is 2. The van der Waals surface area contributed by atoms with Gasteiger partial charge in [-0.05, 0) is 51.4 Å². The van der Waals surface area contributed by atoms with Crippen molar-refractivity contribution in [2.75, 3.05) is 53.0 Å². The van der Waals surface area contributed by atoms with Crippen LogP contribution < -0.4 is 5.32 Å². The summed E-state index contributed by atoms with van der Waals surface area (Å²) in [6.07, 6.45) is 2.43. The van der Waals surface area contributed by atoms with Gasteiger partial charge in [0.25, 0.3) is 5.91 Å². The lowest BCUT2D eigenvalue weighted by Gasteiger charge is -2.39. The van der Waals surface area contributed by atoms with Gasteiger partial charge in [0, 0.05) is 38.9 Å². The van der Waals surface area contributed by atoms with Gasteiger partial charge in [-0.3, -0.25) is 9.59 Å². The molecule has 2 amide bonds. The van der Waals surface area contributed by atoms with E-state index in [9.17, 15) is 9.59 Å². The molecular weight excluding hydrogens is 342 g/mol. The molecule has 6 nitrogen and oxygen atoms in total. The van der Waals surface area contributed by atoms with E-state index in [1.165, 1.54) is 0 Å². The van der Waals surface area contributed by atoms with Crippen molar-refractivity contribution in [2.24, 2.45) is 5.41 Å². The van der Waals surface area contributed by atoms with Crippen molar-refractivity contribution in [3.05, 3.63) is 35.4 Å². The number of benzene rings is 1. The SMILES string of the molecule is COCC1(C(=O)N2CCCN(C(=O)c3cccc(C)c3)CC2)CCNCC1. The molecule has 0 atom stereocenters. The third-order valence-electron chi connectivity index (χ3n) is 5.77. The fourth-order valence-corrected chi connectivity index (χ4v) is 4.22. The van der Waals surface area contributed by atoms with Crippen molar-refractivity contribution < 1.29 is 14.3 Å². The predicted molar refractivity (Wildman–Crippen MR) is 105 cm³/mol. The van der Waals surface area contributed by atoms with Gasteiger partial charge in [-0.2, -0.15) is 0 Å². The number of piperidine rings is 1. The molecule has 2 aliphatic heterocycles. The van der Waals surface area contributed by atoms with Crippen LogP contribution >= 0.6 is 0 Å². The molecule has 3 rings (SSSR count). The number of ether oxygens (including phenoxy) is 1. The van der Waals surface area contributed by atoms with Crippen molar-refractivity contribution >= 4 is 11.8 Å². The second kappa shape index (κ2) is 8.85. The molecule has 148 valence electrons. The average molecular weight is 373 g/mol. The number of amides is 2. The van der Waals surface area contributed by atoms with E-state index in [0.29, 0.717) is 32.8 Å². The van der Waals surface area contributed by atoms with E-state index in [1.807, 2.05) is 41.0 Å². The Labute approximate surface area is 161 Å². The largest absolute Gasteiger partial charge is 0.384 e. The zero-order valence-corrected chi connectivity index (χ0v) is 16.5. The number of hydrogen-bond donors (Lipinski definition) is 1. The molecule has 2 fully saturated rings. The van der Waals surface area contributed by atoms with E-state index in [1.54, 1.807) is 7.11 Å². The maximum Gasteiger partial charge on any atom is 0.253 e. The molecule has 27 heavy (non-hydrogen) atoms. The molecule has 2 aliphatic rings. The zero-order valence-electron chi connectivity index (χ0n) is 16.5. The van der Waals surface area contributed by atoms with Gasteiger partial charge in [0.1, 0.15) is 0 Å². The molecule has 0 bridgehead atoms. The topological polar surface area (TPSA) is 61.9 Å². The molecule has 1 aromatic rings. The first-order chi connectivity index (χ1) is 13.1. The number of methoxy groups -OCH3 is 1. The first-order valence-corrected chi connectivity index (χ1v) is 9.91. The van der Waals surface area contributed by atoms with Gasteiger partial charge >= 0.3 is 0 Å². The quantitative estimate of drug-likeness (QED) is 0.872. The molecule has 0 aromatic heterocycles. The zero-order chi connectivity index (χ0) is 19.3. The summed E-state index contributed by atoms with van der Waals surface area (Å²) in [7, 11) is 1.67. The monoisotopic (exact) mass is 373 g/mol. The summed E-state index contributed by atoms with van der Waals surface area (Å²) in [6, 6.07) is 7.71. The van der Waals surface area contributed by atoms with Crippen LogP contribution in [0.3, 0.4) is 0 Å². The van der Waals surface area contributed by atoms with Crippen LogP contribution in [-0.2, 0) is 9.53 Å². The van der Waals surface area contributed by atoms with Gasteiger partial charge in [-0.15, -0.1) is 0 Å². The molecule has 1 aromatic carbocycles. The Bertz CT molecular complexity index is 665. The van der Waals surface area contributed by atoms with Gasteiger partial charge in [0.05, 0.1) is 12.0 Å². The molecule has 0 saturated carbocycles. The van der Waals surface area contributed by atoms with Crippen molar-refractivity contribution in [3.8, 4) is 0 Å². The fraction of sp³-hybridized carbons (Fsp3) is 0.619. The Kier molecular flexibility index (Phi) is 6.50. The predicted octanol–water partition coefficient (Wildman–Crippen LogP) is 1.69. The Morgan fingerprint density at radius 1 is 1.11 bits per heavy atom. The third-order valence-corrected chi connectivity index (χ3v) is 5.77. The number of rotatable bonds is 4. The second-order valence-corrected chi connectivity index (χ2v) is 7.77. The standard InChI is InChI=1S/C21H31N3O3/c1-17-5-3-6-18(15-17)19(25)23-11-4-12-24(14-13-23)20(26)21(16-27-2)7-9-22-10-8-21/h3,5-6,15,22H,4,7-14,16H2,1-2H3. The number of nitrogens with one attached hydrogen (secondary N) is 1. The average Bonchev–Trinajstić information content (AvgIpc) is 2.94. The third kappa shape index (κ3) is 4.50. The van der Waals surface area contributed by atoms with Crippen LogP contribution in [-0.4, -0.2) is 74.6 Å². The molecular formula is C21H31N3O3. The lowest BCUT2D eigenvalue weighted by atomic mass is 9.78. The first-order valence-electron chi connectivity index (χ1n) is 9.91. The smallest absolute Gasteiger partial charge is 0.253 e. The molecule has 2 heterocycles. The highest BCUT2D eigenvalue weighted by atomic mass is 16.5. The number of hydrogen-bond acceptors (Lipinski definition) is 4. The lowest BCUT2D eigenvalue weighted by Crippen LogP contribution is -2.52. The number of aryl methyl sites for hydroxylation is 1. The number of carbonyl (C=O) groups excluding carboxylic acids is 2. The minimum Gasteiger partial charge on any atom is -0.384 e. The highest BCUT2D eigenvalue weighted by Gasteiger charge is 2.42. The molecule has 0 spiro atoms. The molecule has 0 radical (unpaired) electrons. The normalized spacial score (nSPS) is 20.2. The highest BCUT2D eigenvalue weighted by Crippen LogP contribution is 2.32. The number of nitrogens with zero attached hydrogens (tertiary/aromatic N) is 2. The molecule has 6 heteroatoms. The van der Waals surface area contributed by atoms with E-state index in [-0.39, 0.29) is 11.8 Å². The summed E-state index contributed by atoms with van der Waals surface area (Å²) in [5.74, 6) is 0.247. The van der Waals surface area contributed by atoms with E-state index >= 15 is 0 Å². The van der Waals surface area contributed by atoms with Gasteiger partial charge in [-0.25, -0.2) is 0 Å². The maximum atomic E-state index is 13.3. The van der Waals surface area contributed by atoms with E-state index < -0.39 is 5.41 Å². The summed E-state index contributed by atoms with van der Waals surface area (Å²) >= 11 is 0. The van der Waals surface area contributed by atoms with Gasteiger partial charge in [0.15, 0.2) is 0 Å². The van der Waals surface area contributed by atoms with Crippen LogP contribution in [0.4, 0.5) is 0 Å². The molecule has 1 N–H and O–H groups in total. The van der Waals surface area contributed by atoms with Gasteiger partial charge in [-0.1, -0.05) is 17.7 Å². The molecule has 2 saturated heterocycles. The molecule has 0 aliphatic carbocycles. The maximum absolute atomic E-state index is 13.3. The van der Waals surface area contributed by atoms with Crippen LogP contribution in [0.15, 0.2) is 24.3 Å². The fourth-order valence-electron chi connectivity index (χ4n) is 4.22. The van der Waals surface area contributed by atoms with Crippen LogP contribution in [0, 0.1) is 12.3 Å². The van der Waals surface area contributed by atoms with Gasteiger partial charge in [0.2, 0.25) is 5.91 Å². The van der Waals surface area contributed by atoms with Crippen molar-refractivity contribution in [3.63, 3.8) is 0 Å². The summed E-state index contributed by atoms with van der Waals surface area (Å²) in [4.78, 5) is 30.0. The Hall–Kier alpha value is -1.92.